The molecule has 0 radical (unpaired) electrons. The normalized spacial score (nSPS) is 10.9. The average Bonchev–Trinajstić information content (AvgIpc) is 3.06. The number of fused-ring (bicyclic) bond motifs is 1. The lowest BCUT2D eigenvalue weighted by Gasteiger charge is -2.23. The second kappa shape index (κ2) is 7.32. The van der Waals surface area contributed by atoms with Gasteiger partial charge in [-0.2, -0.15) is 0 Å². The van der Waals surface area contributed by atoms with Gasteiger partial charge in [0.15, 0.2) is 0 Å². The highest BCUT2D eigenvalue weighted by atomic mass is 79.9. The molecule has 0 aliphatic carbocycles. The Bertz CT molecular complexity index is 1140. The van der Waals surface area contributed by atoms with Gasteiger partial charge in [0.1, 0.15) is 12.4 Å². The van der Waals surface area contributed by atoms with Gasteiger partial charge in [0.25, 0.3) is 0 Å². The van der Waals surface area contributed by atoms with E-state index >= 15 is 0 Å². The third kappa shape index (κ3) is 3.75. The zero-order valence-electron chi connectivity index (χ0n) is 14.7. The van der Waals surface area contributed by atoms with Crippen LogP contribution in [0, 0.1) is 0 Å². The highest BCUT2D eigenvalue weighted by Crippen LogP contribution is 2.36. The van der Waals surface area contributed by atoms with E-state index in [4.69, 9.17) is 4.74 Å². The number of aromatic nitrogens is 2. The maximum Gasteiger partial charge on any atom is 0.323 e. The Morgan fingerprint density at radius 3 is 2.56 bits per heavy atom. The van der Waals surface area contributed by atoms with E-state index in [1.54, 1.807) is 0 Å². The van der Waals surface area contributed by atoms with Crippen LogP contribution in [0.4, 0.5) is 11.4 Å². The Hall–Kier alpha value is -2.99. The van der Waals surface area contributed by atoms with Crippen molar-refractivity contribution in [1.82, 2.24) is 9.97 Å². The Morgan fingerprint density at radius 2 is 1.74 bits per heavy atom. The van der Waals surface area contributed by atoms with Gasteiger partial charge in [-0.25, -0.2) is 4.79 Å². The number of benzene rings is 3. The summed E-state index contributed by atoms with van der Waals surface area (Å²) < 4.78 is 7.05. The van der Waals surface area contributed by atoms with Crippen LogP contribution in [-0.4, -0.2) is 17.0 Å². The molecule has 1 aromatic heterocycles. The Labute approximate surface area is 164 Å². The highest BCUT2D eigenvalue weighted by molar-refractivity contribution is 9.10. The van der Waals surface area contributed by atoms with Crippen molar-refractivity contribution in [2.75, 3.05) is 11.9 Å². The SMILES string of the molecule is CN(c1ccc2[nH]c(=O)[nH]c2c1)c1cc(Br)ccc1OCc1ccccc1. The highest BCUT2D eigenvalue weighted by Gasteiger charge is 2.13. The summed E-state index contributed by atoms with van der Waals surface area (Å²) in [4.78, 5) is 19.1. The number of nitrogens with zero attached hydrogens (tertiary/aromatic N) is 1. The predicted molar refractivity (Wildman–Crippen MR) is 112 cm³/mol. The molecule has 3 aromatic carbocycles. The van der Waals surface area contributed by atoms with Gasteiger partial charge in [-0.3, -0.25) is 0 Å². The van der Waals surface area contributed by atoms with E-state index in [-0.39, 0.29) is 5.69 Å². The number of hydrogen-bond acceptors (Lipinski definition) is 3. The van der Waals surface area contributed by atoms with Crippen LogP contribution in [0.15, 0.2) is 76.0 Å². The number of imidazole rings is 1. The van der Waals surface area contributed by atoms with Gasteiger partial charge in [-0.1, -0.05) is 46.3 Å². The molecule has 1 heterocycles. The topological polar surface area (TPSA) is 61.1 Å². The lowest BCUT2D eigenvalue weighted by Crippen LogP contribution is -2.11. The van der Waals surface area contributed by atoms with Crippen LogP contribution in [0.5, 0.6) is 5.75 Å². The van der Waals surface area contributed by atoms with E-state index in [0.717, 1.165) is 38.2 Å². The van der Waals surface area contributed by atoms with E-state index < -0.39 is 0 Å². The van der Waals surface area contributed by atoms with Gasteiger partial charge in [0, 0.05) is 17.2 Å². The Kier molecular flexibility index (Phi) is 4.73. The molecule has 0 unspecified atom stereocenters. The zero-order chi connectivity index (χ0) is 18.8. The Balaban J connectivity index is 1.66. The Morgan fingerprint density at radius 1 is 0.963 bits per heavy atom. The van der Waals surface area contributed by atoms with E-state index in [0.29, 0.717) is 6.61 Å². The summed E-state index contributed by atoms with van der Waals surface area (Å²) in [5, 5.41) is 0. The van der Waals surface area contributed by atoms with E-state index in [1.807, 2.05) is 78.7 Å². The van der Waals surface area contributed by atoms with Crippen LogP contribution in [-0.2, 0) is 6.61 Å². The summed E-state index contributed by atoms with van der Waals surface area (Å²) in [5.41, 5.74) is 4.33. The first-order chi connectivity index (χ1) is 13.1. The maximum atomic E-state index is 11.5. The van der Waals surface area contributed by atoms with Crippen molar-refractivity contribution < 1.29 is 4.74 Å². The van der Waals surface area contributed by atoms with Gasteiger partial charge < -0.3 is 19.6 Å². The number of ether oxygens (including phenoxy) is 1. The lowest BCUT2D eigenvalue weighted by molar-refractivity contribution is 0.307. The molecule has 136 valence electrons. The van der Waals surface area contributed by atoms with E-state index in [2.05, 4.69) is 25.9 Å². The predicted octanol–water partition coefficient (Wildman–Crippen LogP) is 4.97. The third-order valence-corrected chi connectivity index (χ3v) is 4.90. The molecule has 0 aliphatic heterocycles. The minimum Gasteiger partial charge on any atom is -0.487 e. The second-order valence-electron chi connectivity index (χ2n) is 6.25. The van der Waals surface area contributed by atoms with Gasteiger partial charge in [0.2, 0.25) is 0 Å². The fraction of sp³-hybridized carbons (Fsp3) is 0.0952. The summed E-state index contributed by atoms with van der Waals surface area (Å²) >= 11 is 3.54. The van der Waals surface area contributed by atoms with Crippen molar-refractivity contribution >= 4 is 38.3 Å². The standard InChI is InChI=1S/C21H18BrN3O2/c1-25(16-8-9-17-18(12-16)24-21(26)23-17)19-11-15(22)7-10-20(19)27-13-14-5-3-2-4-6-14/h2-12H,13H2,1H3,(H2,23,24,26). The van der Waals surface area contributed by atoms with Crippen LogP contribution >= 0.6 is 15.9 Å². The molecule has 0 spiro atoms. The van der Waals surface area contributed by atoms with Crippen molar-refractivity contribution in [3.63, 3.8) is 0 Å². The number of halogens is 1. The van der Waals surface area contributed by atoms with Crippen molar-refractivity contribution in [2.24, 2.45) is 0 Å². The van der Waals surface area contributed by atoms with Crippen LogP contribution in [0.2, 0.25) is 0 Å². The molecule has 0 fully saturated rings. The van der Waals surface area contributed by atoms with Gasteiger partial charge in [-0.15, -0.1) is 0 Å². The lowest BCUT2D eigenvalue weighted by atomic mass is 10.2. The number of H-pyrrole nitrogens is 2. The molecule has 6 heteroatoms. The molecule has 2 N–H and O–H groups in total. The molecule has 0 saturated carbocycles. The maximum absolute atomic E-state index is 11.5. The number of aromatic amines is 2. The van der Waals surface area contributed by atoms with E-state index in [9.17, 15) is 4.79 Å². The van der Waals surface area contributed by atoms with Gasteiger partial charge >= 0.3 is 5.69 Å². The fourth-order valence-electron chi connectivity index (χ4n) is 2.98. The minimum atomic E-state index is -0.209. The molecule has 0 amide bonds. The number of nitrogens with one attached hydrogen (secondary N) is 2. The van der Waals surface area contributed by atoms with Crippen molar-refractivity contribution in [3.8, 4) is 5.75 Å². The molecule has 0 bridgehead atoms. The smallest absolute Gasteiger partial charge is 0.323 e. The molecule has 27 heavy (non-hydrogen) atoms. The summed E-state index contributed by atoms with van der Waals surface area (Å²) in [7, 11) is 1.98. The summed E-state index contributed by atoms with van der Waals surface area (Å²) in [5.74, 6) is 0.784. The van der Waals surface area contributed by atoms with E-state index in [1.165, 1.54) is 0 Å². The first kappa shape index (κ1) is 17.4. The fourth-order valence-corrected chi connectivity index (χ4v) is 3.33. The first-order valence-corrected chi connectivity index (χ1v) is 9.31. The molecule has 0 aliphatic rings. The minimum absolute atomic E-state index is 0.209. The number of hydrogen-bond donors (Lipinski definition) is 2. The third-order valence-electron chi connectivity index (χ3n) is 4.41. The van der Waals surface area contributed by atoms with Crippen molar-refractivity contribution in [2.45, 2.75) is 6.61 Å². The van der Waals surface area contributed by atoms with Crippen molar-refractivity contribution in [3.05, 3.63) is 87.3 Å². The number of anilines is 2. The van der Waals surface area contributed by atoms with Crippen molar-refractivity contribution in [1.29, 1.82) is 0 Å². The molecular formula is C21H18BrN3O2. The average molecular weight is 424 g/mol. The van der Waals surface area contributed by atoms with Crippen LogP contribution in [0.1, 0.15) is 5.56 Å². The number of rotatable bonds is 5. The molecular weight excluding hydrogens is 406 g/mol. The molecule has 0 saturated heterocycles. The zero-order valence-corrected chi connectivity index (χ0v) is 16.3. The molecule has 4 rings (SSSR count). The molecule has 4 aromatic rings. The summed E-state index contributed by atoms with van der Waals surface area (Å²) in [6.07, 6.45) is 0. The van der Waals surface area contributed by atoms with Gasteiger partial charge in [-0.05, 0) is 42.0 Å². The van der Waals surface area contributed by atoms with Crippen LogP contribution < -0.4 is 15.3 Å². The van der Waals surface area contributed by atoms with Gasteiger partial charge in [0.05, 0.1) is 16.7 Å². The van der Waals surface area contributed by atoms with Crippen LogP contribution in [0.3, 0.4) is 0 Å². The quantitative estimate of drug-likeness (QED) is 0.476. The first-order valence-electron chi connectivity index (χ1n) is 8.52. The largest absolute Gasteiger partial charge is 0.487 e. The monoisotopic (exact) mass is 423 g/mol. The van der Waals surface area contributed by atoms with Crippen LogP contribution in [0.25, 0.3) is 11.0 Å². The molecule has 5 nitrogen and oxygen atoms in total. The summed E-state index contributed by atoms with van der Waals surface area (Å²) in [6.45, 7) is 0.494. The summed E-state index contributed by atoms with van der Waals surface area (Å²) in [6, 6.07) is 21.8. The molecule has 0 atom stereocenters. The second-order valence-corrected chi connectivity index (χ2v) is 7.17.